The molecule has 1 aliphatic carbocycles. The van der Waals surface area contributed by atoms with E-state index in [-0.39, 0.29) is 35.3 Å². The van der Waals surface area contributed by atoms with Gasteiger partial charge in [-0.25, -0.2) is 9.78 Å². The van der Waals surface area contributed by atoms with Crippen LogP contribution in [-0.4, -0.2) is 27.1 Å². The summed E-state index contributed by atoms with van der Waals surface area (Å²) in [4.78, 5) is 29.7. The van der Waals surface area contributed by atoms with Crippen LogP contribution < -0.4 is 9.64 Å². The zero-order valence-corrected chi connectivity index (χ0v) is 22.6. The van der Waals surface area contributed by atoms with E-state index < -0.39 is 5.97 Å². The lowest BCUT2D eigenvalue weighted by atomic mass is 10.0. The number of anilines is 2. The smallest absolute Gasteiger partial charge is 0.337 e. The van der Waals surface area contributed by atoms with Crippen molar-refractivity contribution in [2.75, 3.05) is 4.90 Å². The maximum atomic E-state index is 12.9. The van der Waals surface area contributed by atoms with Gasteiger partial charge in [0.1, 0.15) is 23.8 Å². The lowest BCUT2D eigenvalue weighted by Gasteiger charge is -2.29. The number of carbonyl (C=O) groups excluding carboxylic acids is 1. The highest BCUT2D eigenvalue weighted by atomic mass is 35.5. The fourth-order valence-electron chi connectivity index (χ4n) is 4.71. The summed E-state index contributed by atoms with van der Waals surface area (Å²) in [6.07, 6.45) is 3.96. The Balaban J connectivity index is 1.30. The highest BCUT2D eigenvalue weighted by molar-refractivity contribution is 6.39. The first-order valence-corrected chi connectivity index (χ1v) is 13.4. The molecule has 0 saturated heterocycles. The number of rotatable bonds is 7. The Kier molecular flexibility index (Phi) is 6.71. The van der Waals surface area contributed by atoms with Crippen LogP contribution in [0.15, 0.2) is 53.2 Å². The molecule has 0 unspecified atom stereocenters. The SMILES string of the molecule is O=C(O)c1cnc(N2C(=O)CCc3cc(OCc4c(-c5c(Cl)cccc5Cl)noc4C4CC4)ccc32)c(Cl)c1. The van der Waals surface area contributed by atoms with Crippen LogP contribution in [0.25, 0.3) is 11.3 Å². The molecule has 198 valence electrons. The van der Waals surface area contributed by atoms with Gasteiger partial charge >= 0.3 is 5.97 Å². The van der Waals surface area contributed by atoms with E-state index in [0.717, 1.165) is 29.7 Å². The minimum atomic E-state index is -1.15. The molecule has 1 aliphatic heterocycles. The molecule has 0 spiro atoms. The first-order chi connectivity index (χ1) is 18.8. The second-order valence-electron chi connectivity index (χ2n) is 9.39. The predicted octanol–water partition coefficient (Wildman–Crippen LogP) is 7.46. The van der Waals surface area contributed by atoms with Crippen LogP contribution in [0.4, 0.5) is 11.5 Å². The number of halogens is 3. The van der Waals surface area contributed by atoms with E-state index >= 15 is 0 Å². The third kappa shape index (κ3) is 4.84. The summed E-state index contributed by atoms with van der Waals surface area (Å²) < 4.78 is 11.9. The maximum Gasteiger partial charge on any atom is 0.337 e. The molecule has 2 aromatic heterocycles. The molecule has 0 atom stereocenters. The molecular formula is C28H20Cl3N3O5. The summed E-state index contributed by atoms with van der Waals surface area (Å²) in [5.74, 6) is 0.512. The van der Waals surface area contributed by atoms with Crippen LogP contribution in [0.1, 0.15) is 52.4 Å². The van der Waals surface area contributed by atoms with Gasteiger partial charge in [0.2, 0.25) is 5.91 Å². The average molecular weight is 585 g/mol. The molecular weight excluding hydrogens is 565 g/mol. The minimum absolute atomic E-state index is 0.0612. The van der Waals surface area contributed by atoms with Crippen LogP contribution in [0.5, 0.6) is 5.75 Å². The van der Waals surface area contributed by atoms with Gasteiger partial charge in [-0.15, -0.1) is 0 Å². The lowest BCUT2D eigenvalue weighted by Crippen LogP contribution is -2.31. The Morgan fingerprint density at radius 2 is 1.85 bits per heavy atom. The van der Waals surface area contributed by atoms with Gasteiger partial charge in [-0.05, 0) is 61.2 Å². The van der Waals surface area contributed by atoms with E-state index in [0.29, 0.717) is 45.1 Å². The molecule has 39 heavy (non-hydrogen) atoms. The van der Waals surface area contributed by atoms with Crippen molar-refractivity contribution in [3.05, 3.63) is 86.2 Å². The molecule has 2 aliphatic rings. The maximum absolute atomic E-state index is 12.9. The van der Waals surface area contributed by atoms with Gasteiger partial charge in [-0.1, -0.05) is 46.0 Å². The Hall–Kier alpha value is -3.59. The number of hydrogen-bond donors (Lipinski definition) is 1. The third-order valence-electron chi connectivity index (χ3n) is 6.78. The minimum Gasteiger partial charge on any atom is -0.489 e. The van der Waals surface area contributed by atoms with Crippen molar-refractivity contribution in [1.29, 1.82) is 0 Å². The number of fused-ring (bicyclic) bond motifs is 1. The molecule has 6 rings (SSSR count). The highest BCUT2D eigenvalue weighted by Gasteiger charge is 2.34. The van der Waals surface area contributed by atoms with Gasteiger partial charge in [0.05, 0.1) is 31.9 Å². The zero-order chi connectivity index (χ0) is 27.3. The number of nitrogens with zero attached hydrogens (tertiary/aromatic N) is 3. The van der Waals surface area contributed by atoms with E-state index in [2.05, 4.69) is 10.1 Å². The number of carboxylic acids is 1. The Labute approximate surface area is 238 Å². The number of ether oxygens (including phenoxy) is 1. The zero-order valence-electron chi connectivity index (χ0n) is 20.3. The number of aryl methyl sites for hydroxylation is 1. The summed E-state index contributed by atoms with van der Waals surface area (Å²) in [6, 6.07) is 12.0. The molecule has 1 N–H and O–H groups in total. The van der Waals surface area contributed by atoms with E-state index in [1.165, 1.54) is 17.2 Å². The Bertz CT molecular complexity index is 1610. The summed E-state index contributed by atoms with van der Waals surface area (Å²) in [5, 5.41) is 14.5. The number of aromatic nitrogens is 2. The molecule has 0 radical (unpaired) electrons. The van der Waals surface area contributed by atoms with Crippen molar-refractivity contribution < 1.29 is 24.0 Å². The van der Waals surface area contributed by atoms with Crippen LogP contribution in [0, 0.1) is 0 Å². The first-order valence-electron chi connectivity index (χ1n) is 12.2. The molecule has 11 heteroatoms. The number of benzene rings is 2. The molecule has 2 aromatic carbocycles. The summed E-state index contributed by atoms with van der Waals surface area (Å²) >= 11 is 19.3. The fraction of sp³-hybridized carbons (Fsp3) is 0.214. The molecule has 1 fully saturated rings. The van der Waals surface area contributed by atoms with Gasteiger partial charge in [-0.2, -0.15) is 0 Å². The van der Waals surface area contributed by atoms with Crippen LogP contribution in [-0.2, 0) is 17.8 Å². The molecule has 1 saturated carbocycles. The lowest BCUT2D eigenvalue weighted by molar-refractivity contribution is -0.118. The van der Waals surface area contributed by atoms with Gasteiger partial charge in [-0.3, -0.25) is 9.69 Å². The van der Waals surface area contributed by atoms with Crippen molar-refractivity contribution in [3.8, 4) is 17.0 Å². The van der Waals surface area contributed by atoms with Crippen molar-refractivity contribution in [2.24, 2.45) is 0 Å². The summed E-state index contributed by atoms with van der Waals surface area (Å²) in [5.41, 5.74) is 3.39. The summed E-state index contributed by atoms with van der Waals surface area (Å²) in [7, 11) is 0. The van der Waals surface area contributed by atoms with E-state index in [9.17, 15) is 14.7 Å². The molecule has 0 bridgehead atoms. The molecule has 4 aromatic rings. The second-order valence-corrected chi connectivity index (χ2v) is 10.6. The van der Waals surface area contributed by atoms with Crippen molar-refractivity contribution >= 4 is 58.2 Å². The van der Waals surface area contributed by atoms with Gasteiger partial charge in [0.15, 0.2) is 5.82 Å². The number of hydrogen-bond acceptors (Lipinski definition) is 6. The average Bonchev–Trinajstić information content (AvgIpc) is 3.67. The van der Waals surface area contributed by atoms with Gasteiger partial charge in [0.25, 0.3) is 0 Å². The predicted molar refractivity (Wildman–Crippen MR) is 146 cm³/mol. The number of aromatic carboxylic acids is 1. The molecule has 3 heterocycles. The normalized spacial score (nSPS) is 14.8. The van der Waals surface area contributed by atoms with Crippen LogP contribution in [0.3, 0.4) is 0 Å². The standard InChI is InChI=1S/C28H20Cl3N3O5/c29-19-2-1-3-20(30)24(19)25-18(26(39-33-25)14-4-5-14)13-38-17-7-8-22-15(10-17)6-9-23(35)34(22)27-21(31)11-16(12-32-27)28(36)37/h1-3,7-8,10-12,14H,4-6,9,13H2,(H,36,37). The van der Waals surface area contributed by atoms with E-state index in [1.54, 1.807) is 30.3 Å². The second kappa shape index (κ2) is 10.2. The van der Waals surface area contributed by atoms with Crippen molar-refractivity contribution in [1.82, 2.24) is 10.1 Å². The van der Waals surface area contributed by atoms with Crippen molar-refractivity contribution in [2.45, 2.75) is 38.2 Å². The highest BCUT2D eigenvalue weighted by Crippen LogP contribution is 2.46. The fourth-order valence-corrected chi connectivity index (χ4v) is 5.53. The van der Waals surface area contributed by atoms with Crippen LogP contribution in [0.2, 0.25) is 15.1 Å². The largest absolute Gasteiger partial charge is 0.489 e. The Morgan fingerprint density at radius 1 is 1.08 bits per heavy atom. The number of pyridine rings is 1. The summed E-state index contributed by atoms with van der Waals surface area (Å²) in [6.45, 7) is 0.192. The van der Waals surface area contributed by atoms with Crippen LogP contribution >= 0.6 is 34.8 Å². The molecule has 1 amide bonds. The van der Waals surface area contributed by atoms with Gasteiger partial charge in [0, 0.05) is 24.1 Å². The van der Waals surface area contributed by atoms with Crippen molar-refractivity contribution in [3.63, 3.8) is 0 Å². The molecule has 8 nitrogen and oxygen atoms in total. The topological polar surface area (TPSA) is 106 Å². The quantitative estimate of drug-likeness (QED) is 0.240. The third-order valence-corrected chi connectivity index (χ3v) is 7.69. The number of amides is 1. The van der Waals surface area contributed by atoms with E-state index in [1.807, 2.05) is 6.07 Å². The first kappa shape index (κ1) is 25.7. The number of carbonyl (C=O) groups is 2. The van der Waals surface area contributed by atoms with Gasteiger partial charge < -0.3 is 14.4 Å². The van der Waals surface area contributed by atoms with E-state index in [4.69, 9.17) is 44.1 Å². The Morgan fingerprint density at radius 3 is 2.54 bits per heavy atom. The monoisotopic (exact) mass is 583 g/mol. The number of carboxylic acid groups (broad SMARTS) is 1.